The number of rotatable bonds is 16. The lowest BCUT2D eigenvalue weighted by atomic mass is 9.67. The molecule has 0 aromatic carbocycles. The Morgan fingerprint density at radius 2 is 1.27 bits per heavy atom. The van der Waals surface area contributed by atoms with Gasteiger partial charge in [0.05, 0.1) is 90.1 Å². The molecule has 2 unspecified atom stereocenters. The van der Waals surface area contributed by atoms with Gasteiger partial charge < -0.3 is 65.2 Å². The average Bonchev–Trinajstić information content (AvgIpc) is 3.59. The van der Waals surface area contributed by atoms with Crippen LogP contribution in [0.25, 0.3) is 22.1 Å². The summed E-state index contributed by atoms with van der Waals surface area (Å²) in [6.07, 6.45) is 9.74. The molecule has 0 radical (unpaired) electrons. The van der Waals surface area contributed by atoms with E-state index >= 15 is 4.39 Å². The number of ether oxygens (including phenoxy) is 6. The van der Waals surface area contributed by atoms with Gasteiger partial charge >= 0.3 is 0 Å². The normalized spacial score (nSPS) is 24.8. The number of hydrogen-bond acceptors (Lipinski definition) is 21. The largest absolute Gasteiger partial charge is 0.484 e. The molecule has 2 atom stereocenters. The summed E-state index contributed by atoms with van der Waals surface area (Å²) in [5.74, 6) is 0.527. The molecule has 430 valence electrons. The lowest BCUT2D eigenvalue weighted by Crippen LogP contribution is -2.62. The fraction of sp³-hybridized carbons (Fsp3) is 0.491. The minimum absolute atomic E-state index is 0.0111. The minimum atomic E-state index is -1.59. The number of fused-ring (bicyclic) bond motifs is 10. The molecule has 8 aliphatic rings. The fourth-order valence-corrected chi connectivity index (χ4v) is 11.8. The molecule has 6 fully saturated rings. The second kappa shape index (κ2) is 23.1. The number of hydrogen-bond donors (Lipinski definition) is 7. The molecular formula is C57H65F2N9O13. The Balaban J connectivity index is 0.000000155. The van der Waals surface area contributed by atoms with Crippen LogP contribution >= 0.6 is 0 Å². The SMILES string of the molecule is CC(O)(CC12CCC(N)(CC1)CO2)c1c(F)cnc2ccc(OCCO)nc12.CC(O)(CC12CCC(NCc3ccc4c(n3)NC(=O)CO4)(CC1)CO2)c1c(F)cnc2ccc(OCCO)nc12.O=Cc1ccc2c(n1)CC(=O)CO2. The van der Waals surface area contributed by atoms with E-state index in [0.717, 1.165) is 56.6 Å². The van der Waals surface area contributed by atoms with Crippen LogP contribution in [-0.4, -0.2) is 143 Å². The number of anilines is 1. The zero-order chi connectivity index (χ0) is 57.2. The van der Waals surface area contributed by atoms with Crippen LogP contribution in [0.5, 0.6) is 23.3 Å². The summed E-state index contributed by atoms with van der Waals surface area (Å²) in [5.41, 5.74) is 4.72. The molecule has 6 aliphatic heterocycles. The second-order valence-electron chi connectivity index (χ2n) is 22.3. The molecule has 2 saturated carbocycles. The van der Waals surface area contributed by atoms with Gasteiger partial charge in [-0.25, -0.2) is 28.7 Å². The summed E-state index contributed by atoms with van der Waals surface area (Å²) in [7, 11) is 0. The number of carbonyl (C=O) groups is 3. The highest BCUT2D eigenvalue weighted by molar-refractivity contribution is 5.94. The lowest BCUT2D eigenvalue weighted by Gasteiger charge is -2.55. The summed E-state index contributed by atoms with van der Waals surface area (Å²) in [4.78, 5) is 58.4. The minimum Gasteiger partial charge on any atom is -0.484 e. The Morgan fingerprint density at radius 3 is 1.80 bits per heavy atom. The third-order valence-electron chi connectivity index (χ3n) is 16.0. The van der Waals surface area contributed by atoms with Crippen LogP contribution in [-0.2, 0) is 43.2 Å². The first-order valence-corrected chi connectivity index (χ1v) is 26.9. The number of pyridine rings is 6. The van der Waals surface area contributed by atoms with Crippen LogP contribution < -0.4 is 35.3 Å². The molecule has 0 spiro atoms. The molecule has 4 bridgehead atoms. The third kappa shape index (κ3) is 12.6. The van der Waals surface area contributed by atoms with E-state index in [1.807, 2.05) is 6.07 Å². The number of ketones is 1. The van der Waals surface area contributed by atoms with Gasteiger partial charge in [-0.2, -0.15) is 0 Å². The van der Waals surface area contributed by atoms with Crippen molar-refractivity contribution in [3.63, 3.8) is 0 Å². The van der Waals surface area contributed by atoms with Crippen molar-refractivity contribution in [1.29, 1.82) is 0 Å². The molecule has 8 N–H and O–H groups in total. The Kier molecular flexibility index (Phi) is 16.3. The van der Waals surface area contributed by atoms with Crippen LogP contribution in [0.3, 0.4) is 0 Å². The molecule has 6 aromatic rings. The fourth-order valence-electron chi connectivity index (χ4n) is 11.8. The van der Waals surface area contributed by atoms with E-state index in [0.29, 0.717) is 78.6 Å². The zero-order valence-electron chi connectivity index (χ0n) is 45.0. The monoisotopic (exact) mass is 1120 g/mol. The molecule has 12 heterocycles. The smallest absolute Gasteiger partial charge is 0.263 e. The predicted octanol–water partition coefficient (Wildman–Crippen LogP) is 4.51. The molecule has 24 heteroatoms. The van der Waals surface area contributed by atoms with E-state index in [4.69, 9.17) is 44.4 Å². The number of aliphatic hydroxyl groups is 4. The predicted molar refractivity (Wildman–Crippen MR) is 286 cm³/mol. The first kappa shape index (κ1) is 57.2. The number of nitrogens with two attached hydrogens (primary N) is 1. The first-order valence-electron chi connectivity index (χ1n) is 26.9. The maximum Gasteiger partial charge on any atom is 0.263 e. The van der Waals surface area contributed by atoms with Gasteiger partial charge in [-0.15, -0.1) is 0 Å². The summed E-state index contributed by atoms with van der Waals surface area (Å²) >= 11 is 0. The highest BCUT2D eigenvalue weighted by atomic mass is 19.1. The van der Waals surface area contributed by atoms with E-state index in [1.54, 1.807) is 56.3 Å². The molecule has 1 amide bonds. The van der Waals surface area contributed by atoms with E-state index in [2.05, 4.69) is 40.5 Å². The Hall–Kier alpha value is -7.03. The number of Topliss-reactive ketones (excluding diaryl/α,β-unsaturated/α-hetero) is 1. The molecule has 6 aromatic heterocycles. The van der Waals surface area contributed by atoms with Crippen LogP contribution in [0.4, 0.5) is 14.6 Å². The quantitative estimate of drug-likeness (QED) is 0.0656. The number of nitrogens with one attached hydrogen (secondary N) is 2. The number of aromatic nitrogens is 6. The van der Waals surface area contributed by atoms with Gasteiger partial charge in [0.2, 0.25) is 11.8 Å². The zero-order valence-corrected chi connectivity index (χ0v) is 45.0. The lowest BCUT2D eigenvalue weighted by molar-refractivity contribution is -0.189. The van der Waals surface area contributed by atoms with Crippen LogP contribution in [0.2, 0.25) is 0 Å². The number of aldehydes is 1. The Morgan fingerprint density at radius 1 is 0.716 bits per heavy atom. The average molecular weight is 1120 g/mol. The molecule has 14 rings (SSSR count). The Labute approximate surface area is 464 Å². The van der Waals surface area contributed by atoms with Crippen LogP contribution in [0.1, 0.15) is 111 Å². The van der Waals surface area contributed by atoms with Crippen LogP contribution in [0, 0.1) is 11.6 Å². The molecule has 2 aliphatic carbocycles. The van der Waals surface area contributed by atoms with Crippen molar-refractivity contribution < 1.29 is 72.0 Å². The number of aliphatic hydroxyl groups excluding tert-OH is 2. The van der Waals surface area contributed by atoms with Crippen molar-refractivity contribution in [2.45, 2.75) is 125 Å². The summed E-state index contributed by atoms with van der Waals surface area (Å²) in [6, 6.07) is 13.4. The highest BCUT2D eigenvalue weighted by Crippen LogP contribution is 2.51. The van der Waals surface area contributed by atoms with Crippen molar-refractivity contribution in [2.24, 2.45) is 5.73 Å². The standard InChI is InChI=1S/C28H32FN5O6.C20H26FN3O4.C9H7NO3/c1-26(37,23-18(29)13-30-19-3-5-22(34-24(19)23)38-11-10-35)15-28-8-6-27(7-9-28,16-40-28)31-12-17-2-4-20-25(32-17)33-21(36)14-39-20;1-18(26,11-20-6-4-19(22,5-7-20)12-28-20)16-13(21)10-23-14-2-3-15(24-17(14)16)27-9-8-25;11-4-6-1-2-9-8(10-6)3-7(12)5-13-9/h2-5,13,31,35,37H,6-12,14-16H2,1H3,(H,32,33,36);2-3,10,25-26H,4-9,11-12,22H2,1H3;1-2,4H,3,5H2. The third-order valence-corrected chi connectivity index (χ3v) is 16.0. The maximum absolute atomic E-state index is 15.2. The Bertz CT molecular complexity index is 3300. The van der Waals surface area contributed by atoms with Gasteiger partial charge in [0.1, 0.15) is 53.9 Å². The maximum atomic E-state index is 15.2. The number of halogens is 2. The van der Waals surface area contributed by atoms with Crippen molar-refractivity contribution in [2.75, 3.05) is 58.2 Å². The van der Waals surface area contributed by atoms with Gasteiger partial charge in [0.25, 0.3) is 5.91 Å². The van der Waals surface area contributed by atoms with E-state index in [9.17, 15) is 29.0 Å². The summed E-state index contributed by atoms with van der Waals surface area (Å²) in [5, 5.41) is 47.4. The summed E-state index contributed by atoms with van der Waals surface area (Å²) in [6.45, 7) is 4.46. The molecule has 22 nitrogen and oxygen atoms in total. The van der Waals surface area contributed by atoms with Crippen molar-refractivity contribution >= 4 is 45.9 Å². The number of carbonyl (C=O) groups excluding carboxylic acids is 3. The first-order chi connectivity index (χ1) is 38.7. The van der Waals surface area contributed by atoms with E-state index in [1.165, 1.54) is 0 Å². The number of nitrogens with zero attached hydrogens (tertiary/aromatic N) is 6. The molecular weight excluding hydrogens is 1060 g/mol. The second-order valence-corrected chi connectivity index (χ2v) is 22.3. The van der Waals surface area contributed by atoms with E-state index < -0.39 is 34.0 Å². The highest BCUT2D eigenvalue weighted by Gasteiger charge is 2.54. The van der Waals surface area contributed by atoms with Crippen molar-refractivity contribution in [3.05, 3.63) is 101 Å². The van der Waals surface area contributed by atoms with Crippen molar-refractivity contribution in [3.8, 4) is 23.3 Å². The van der Waals surface area contributed by atoms with Crippen molar-refractivity contribution in [1.82, 2.24) is 35.2 Å². The molecule has 4 saturated heterocycles. The van der Waals surface area contributed by atoms with Gasteiger partial charge in [-0.05, 0) is 102 Å². The van der Waals surface area contributed by atoms with Gasteiger partial charge in [0, 0.05) is 53.7 Å². The van der Waals surface area contributed by atoms with E-state index in [-0.39, 0.29) is 116 Å². The van der Waals surface area contributed by atoms with Gasteiger partial charge in [0.15, 0.2) is 30.2 Å². The van der Waals surface area contributed by atoms with Gasteiger partial charge in [-0.3, -0.25) is 24.4 Å². The number of amides is 1. The van der Waals surface area contributed by atoms with Gasteiger partial charge in [-0.1, -0.05) is 0 Å². The van der Waals surface area contributed by atoms with Crippen LogP contribution in [0.15, 0.2) is 60.9 Å². The molecule has 81 heavy (non-hydrogen) atoms. The summed E-state index contributed by atoms with van der Waals surface area (Å²) < 4.78 is 63.8. The topological polar surface area (TPSA) is 315 Å².